The van der Waals surface area contributed by atoms with Crippen molar-refractivity contribution in [2.24, 2.45) is 0 Å². The topological polar surface area (TPSA) is 26.3 Å². The van der Waals surface area contributed by atoms with E-state index < -0.39 is 0 Å². The molecule has 0 saturated heterocycles. The lowest BCUT2D eigenvalue weighted by Crippen LogP contribution is -1.82. The predicted octanol–water partition coefficient (Wildman–Crippen LogP) is 1.08. The van der Waals surface area contributed by atoms with E-state index in [0.29, 0.717) is 11.5 Å². The summed E-state index contributed by atoms with van der Waals surface area (Å²) in [4.78, 5) is 9.64. The lowest BCUT2D eigenvalue weighted by molar-refractivity contribution is -0.120. The van der Waals surface area contributed by atoms with Crippen molar-refractivity contribution >= 4 is 17.8 Å². The minimum atomic E-state index is 0.402. The second-order valence-electron chi connectivity index (χ2n) is 1.08. The zero-order valence-electron chi connectivity index (χ0n) is 3.96. The molecule has 8 heavy (non-hydrogen) atoms. The molecule has 1 aromatic heterocycles. The molecule has 1 rings (SSSR count). The van der Waals surface area contributed by atoms with Crippen molar-refractivity contribution in [1.29, 1.82) is 0 Å². The maximum Gasteiger partial charge on any atom is 0.299 e. The van der Waals surface area contributed by atoms with E-state index in [-0.39, 0.29) is 0 Å². The van der Waals surface area contributed by atoms with Crippen LogP contribution in [0.15, 0.2) is 11.4 Å². The first kappa shape index (κ1) is 5.31. The van der Waals surface area contributed by atoms with E-state index in [9.17, 15) is 4.79 Å². The van der Waals surface area contributed by atoms with Crippen LogP contribution in [0.5, 0.6) is 5.06 Å². The normalized spacial score (nSPS) is 8.50. The van der Waals surface area contributed by atoms with Gasteiger partial charge in [-0.15, -0.1) is 11.3 Å². The highest BCUT2D eigenvalue weighted by atomic mass is 32.1. The van der Waals surface area contributed by atoms with Crippen LogP contribution in [-0.4, -0.2) is 6.47 Å². The lowest BCUT2D eigenvalue weighted by Gasteiger charge is -1.84. The van der Waals surface area contributed by atoms with E-state index in [1.54, 1.807) is 11.4 Å². The predicted molar refractivity (Wildman–Crippen MR) is 29.8 cm³/mol. The fraction of sp³-hybridized carbons (Fsp3) is 0. The summed E-state index contributed by atoms with van der Waals surface area (Å²) in [5, 5.41) is 2.30. The molecule has 0 atom stereocenters. The molecule has 1 aromatic rings. The molecule has 1 radical (unpaired) electrons. The van der Waals surface area contributed by atoms with Gasteiger partial charge in [-0.05, 0) is 6.07 Å². The number of carbonyl (C=O) groups excluding carboxylic acids is 1. The second kappa shape index (κ2) is 2.47. The Hall–Kier alpha value is -0.830. The summed E-state index contributed by atoms with van der Waals surface area (Å²) < 4.78 is 4.45. The molecular formula is C5H3O2S. The van der Waals surface area contributed by atoms with Gasteiger partial charge in [0.1, 0.15) is 0 Å². The fourth-order valence-corrected chi connectivity index (χ4v) is 0.821. The van der Waals surface area contributed by atoms with Crippen LogP contribution in [0, 0.1) is 6.07 Å². The van der Waals surface area contributed by atoms with Gasteiger partial charge in [0.15, 0.2) is 5.06 Å². The molecule has 0 aliphatic rings. The molecule has 0 unspecified atom stereocenters. The Morgan fingerprint density at radius 2 is 2.75 bits per heavy atom. The third kappa shape index (κ3) is 1.07. The number of ether oxygens (including phenoxy) is 1. The molecular weight excluding hydrogens is 124 g/mol. The zero-order valence-corrected chi connectivity index (χ0v) is 4.77. The molecule has 0 aliphatic heterocycles. The molecule has 0 fully saturated rings. The SMILES string of the molecule is O=COc1c[c]cs1. The molecule has 0 amide bonds. The number of hydrogen-bond acceptors (Lipinski definition) is 3. The van der Waals surface area contributed by atoms with Gasteiger partial charge in [-0.3, -0.25) is 4.79 Å². The zero-order chi connectivity index (χ0) is 5.82. The van der Waals surface area contributed by atoms with E-state index in [2.05, 4.69) is 10.8 Å². The van der Waals surface area contributed by atoms with Gasteiger partial charge in [0.05, 0.1) is 0 Å². The first-order chi connectivity index (χ1) is 3.93. The van der Waals surface area contributed by atoms with Gasteiger partial charge in [-0.2, -0.15) is 0 Å². The van der Waals surface area contributed by atoms with E-state index in [0.717, 1.165) is 0 Å². The maximum absolute atomic E-state index is 9.64. The van der Waals surface area contributed by atoms with Crippen LogP contribution in [0.25, 0.3) is 0 Å². The van der Waals surface area contributed by atoms with Gasteiger partial charge in [0, 0.05) is 11.4 Å². The molecule has 1 heterocycles. The molecule has 0 aromatic carbocycles. The average Bonchev–Trinajstić information content (AvgIpc) is 2.19. The molecule has 0 spiro atoms. The Morgan fingerprint density at radius 3 is 3.25 bits per heavy atom. The largest absolute Gasteiger partial charge is 0.418 e. The van der Waals surface area contributed by atoms with E-state index >= 15 is 0 Å². The van der Waals surface area contributed by atoms with Gasteiger partial charge in [-0.1, -0.05) is 0 Å². The number of hydrogen-bond donors (Lipinski definition) is 0. The van der Waals surface area contributed by atoms with Crippen molar-refractivity contribution in [2.45, 2.75) is 0 Å². The smallest absolute Gasteiger partial charge is 0.299 e. The standard InChI is InChI=1S/C5H3O2S/c6-4-7-5-2-1-3-8-5/h2-4H. The van der Waals surface area contributed by atoms with Crippen molar-refractivity contribution < 1.29 is 9.53 Å². The van der Waals surface area contributed by atoms with E-state index in [4.69, 9.17) is 0 Å². The Labute approximate surface area is 50.7 Å². The van der Waals surface area contributed by atoms with Crippen LogP contribution in [0.4, 0.5) is 0 Å². The monoisotopic (exact) mass is 127 g/mol. The highest BCUT2D eigenvalue weighted by Crippen LogP contribution is 2.15. The van der Waals surface area contributed by atoms with Crippen molar-refractivity contribution in [3.63, 3.8) is 0 Å². The van der Waals surface area contributed by atoms with Gasteiger partial charge in [-0.25, -0.2) is 0 Å². The summed E-state index contributed by atoms with van der Waals surface area (Å²) in [6.45, 7) is 0.402. The minimum Gasteiger partial charge on any atom is -0.418 e. The first-order valence-electron chi connectivity index (χ1n) is 1.98. The van der Waals surface area contributed by atoms with Crippen molar-refractivity contribution in [1.82, 2.24) is 0 Å². The average molecular weight is 127 g/mol. The summed E-state index contributed by atoms with van der Waals surface area (Å²) in [6.07, 6.45) is 0. The summed E-state index contributed by atoms with van der Waals surface area (Å²) in [7, 11) is 0. The Morgan fingerprint density at radius 1 is 1.88 bits per heavy atom. The van der Waals surface area contributed by atoms with Crippen LogP contribution in [0.2, 0.25) is 0 Å². The summed E-state index contributed by atoms with van der Waals surface area (Å²) in [6, 6.07) is 4.36. The highest BCUT2D eigenvalue weighted by molar-refractivity contribution is 7.11. The summed E-state index contributed by atoms with van der Waals surface area (Å²) in [5.41, 5.74) is 0. The van der Waals surface area contributed by atoms with Gasteiger partial charge in [0.2, 0.25) is 0 Å². The Kier molecular flexibility index (Phi) is 1.64. The third-order valence-electron chi connectivity index (χ3n) is 0.609. The van der Waals surface area contributed by atoms with Crippen LogP contribution in [-0.2, 0) is 4.79 Å². The molecule has 2 nitrogen and oxygen atoms in total. The number of carbonyl (C=O) groups is 1. The Bertz CT molecular complexity index is 157. The van der Waals surface area contributed by atoms with Gasteiger partial charge < -0.3 is 4.74 Å². The molecule has 41 valence electrons. The first-order valence-corrected chi connectivity index (χ1v) is 2.86. The fourth-order valence-electron chi connectivity index (χ4n) is 0.337. The maximum atomic E-state index is 9.64. The summed E-state index contributed by atoms with van der Waals surface area (Å²) >= 11 is 1.34. The van der Waals surface area contributed by atoms with Crippen molar-refractivity contribution in [2.75, 3.05) is 0 Å². The minimum absolute atomic E-state index is 0.402. The lowest BCUT2D eigenvalue weighted by atomic mass is 10.7. The quantitative estimate of drug-likeness (QED) is 0.556. The van der Waals surface area contributed by atoms with Crippen LogP contribution in [0.1, 0.15) is 0 Å². The van der Waals surface area contributed by atoms with Crippen LogP contribution >= 0.6 is 11.3 Å². The molecule has 0 N–H and O–H groups in total. The molecule has 3 heteroatoms. The van der Waals surface area contributed by atoms with Crippen molar-refractivity contribution in [3.8, 4) is 5.06 Å². The molecule has 0 aliphatic carbocycles. The summed E-state index contributed by atoms with van der Waals surface area (Å²) in [5.74, 6) is 0. The van der Waals surface area contributed by atoms with Crippen molar-refractivity contribution in [3.05, 3.63) is 17.5 Å². The number of rotatable bonds is 2. The third-order valence-corrected chi connectivity index (χ3v) is 1.31. The second-order valence-corrected chi connectivity index (χ2v) is 1.95. The molecule has 0 saturated carbocycles. The van der Waals surface area contributed by atoms with Crippen LogP contribution in [0.3, 0.4) is 0 Å². The van der Waals surface area contributed by atoms with E-state index in [1.165, 1.54) is 11.3 Å². The number of thiophene rings is 1. The Balaban J connectivity index is 2.62. The van der Waals surface area contributed by atoms with Crippen LogP contribution < -0.4 is 4.74 Å². The van der Waals surface area contributed by atoms with Gasteiger partial charge in [0.25, 0.3) is 6.47 Å². The van der Waals surface area contributed by atoms with E-state index in [1.807, 2.05) is 0 Å². The highest BCUT2D eigenvalue weighted by Gasteiger charge is 1.87. The molecule has 0 bridgehead atoms. The van der Waals surface area contributed by atoms with Gasteiger partial charge >= 0.3 is 0 Å².